The molecule has 11 heavy (non-hydrogen) atoms. The first kappa shape index (κ1) is 6.21. The number of aromatic nitrogens is 2. The zero-order chi connectivity index (χ0) is 7.84. The minimum Gasteiger partial charge on any atom is -0.464 e. The minimum atomic E-state index is -0.225. The lowest BCUT2D eigenvalue weighted by Crippen LogP contribution is -2.09. The van der Waals surface area contributed by atoms with Gasteiger partial charge >= 0.3 is 0 Å². The highest BCUT2D eigenvalue weighted by molar-refractivity contribution is 5.51. The molecule has 0 radical (unpaired) electrons. The third-order valence-corrected chi connectivity index (χ3v) is 1.45. The molecule has 0 spiro atoms. The standard InChI is InChI=1S/C6H7N3O2/c1-3-8-5-4(6(10)9-3)11-2-7-5/h2H2,1H3,(H2,7,8,9,10). The third-order valence-electron chi connectivity index (χ3n) is 1.45. The normalized spacial score (nSPS) is 13.5. The monoisotopic (exact) mass is 153 g/mol. The molecule has 2 heterocycles. The SMILES string of the molecule is Cc1nc2c(c(=O)[nH]1)OCN2. The van der Waals surface area contributed by atoms with Crippen LogP contribution in [0.1, 0.15) is 5.82 Å². The van der Waals surface area contributed by atoms with Crippen LogP contribution in [0.3, 0.4) is 0 Å². The Labute approximate surface area is 62.4 Å². The summed E-state index contributed by atoms with van der Waals surface area (Å²) in [7, 11) is 0. The number of hydrogen-bond acceptors (Lipinski definition) is 4. The van der Waals surface area contributed by atoms with Gasteiger partial charge in [0.1, 0.15) is 5.82 Å². The quantitative estimate of drug-likeness (QED) is 0.543. The van der Waals surface area contributed by atoms with Crippen molar-refractivity contribution >= 4 is 5.82 Å². The molecule has 1 aromatic heterocycles. The number of H-pyrrole nitrogens is 1. The molecule has 58 valence electrons. The van der Waals surface area contributed by atoms with Gasteiger partial charge in [0.15, 0.2) is 12.5 Å². The van der Waals surface area contributed by atoms with Gasteiger partial charge in [-0.05, 0) is 6.92 Å². The van der Waals surface area contributed by atoms with E-state index in [9.17, 15) is 4.79 Å². The maximum absolute atomic E-state index is 11.1. The van der Waals surface area contributed by atoms with E-state index < -0.39 is 0 Å². The molecule has 0 atom stereocenters. The summed E-state index contributed by atoms with van der Waals surface area (Å²) in [6.07, 6.45) is 0. The van der Waals surface area contributed by atoms with Gasteiger partial charge in [0.25, 0.3) is 5.56 Å². The van der Waals surface area contributed by atoms with Gasteiger partial charge in [-0.15, -0.1) is 0 Å². The molecule has 0 saturated carbocycles. The van der Waals surface area contributed by atoms with Crippen molar-refractivity contribution in [2.45, 2.75) is 6.92 Å². The van der Waals surface area contributed by atoms with Gasteiger partial charge in [-0.25, -0.2) is 4.98 Å². The molecule has 0 saturated heterocycles. The van der Waals surface area contributed by atoms with Crippen LogP contribution in [-0.4, -0.2) is 16.7 Å². The largest absolute Gasteiger partial charge is 0.464 e. The summed E-state index contributed by atoms with van der Waals surface area (Å²) >= 11 is 0. The second-order valence-corrected chi connectivity index (χ2v) is 2.29. The fourth-order valence-electron chi connectivity index (χ4n) is 1.01. The zero-order valence-electron chi connectivity index (χ0n) is 5.97. The van der Waals surface area contributed by atoms with Crippen molar-refractivity contribution in [1.29, 1.82) is 0 Å². The Morgan fingerprint density at radius 2 is 2.45 bits per heavy atom. The van der Waals surface area contributed by atoms with Crippen LogP contribution in [0.4, 0.5) is 5.82 Å². The zero-order valence-corrected chi connectivity index (χ0v) is 5.97. The predicted octanol–water partition coefficient (Wildman–Crippen LogP) is -0.160. The minimum absolute atomic E-state index is 0.225. The van der Waals surface area contributed by atoms with Crippen LogP contribution in [-0.2, 0) is 0 Å². The summed E-state index contributed by atoms with van der Waals surface area (Å²) < 4.78 is 4.97. The molecule has 1 aliphatic heterocycles. The van der Waals surface area contributed by atoms with E-state index >= 15 is 0 Å². The molecular formula is C6H7N3O2. The van der Waals surface area contributed by atoms with Crippen molar-refractivity contribution in [3.8, 4) is 5.75 Å². The van der Waals surface area contributed by atoms with Gasteiger partial charge in [-0.3, -0.25) is 4.79 Å². The Balaban J connectivity index is 2.70. The summed E-state index contributed by atoms with van der Waals surface area (Å²) in [5.74, 6) is 1.41. The second-order valence-electron chi connectivity index (χ2n) is 2.29. The van der Waals surface area contributed by atoms with Crippen molar-refractivity contribution in [1.82, 2.24) is 9.97 Å². The number of rotatable bonds is 0. The topological polar surface area (TPSA) is 67.0 Å². The van der Waals surface area contributed by atoms with Crippen LogP contribution in [0, 0.1) is 6.92 Å². The molecule has 1 aliphatic rings. The van der Waals surface area contributed by atoms with Crippen LogP contribution in [0.25, 0.3) is 0 Å². The van der Waals surface area contributed by atoms with Crippen LogP contribution < -0.4 is 15.6 Å². The van der Waals surface area contributed by atoms with Crippen molar-refractivity contribution in [2.75, 3.05) is 12.0 Å². The van der Waals surface area contributed by atoms with Gasteiger partial charge < -0.3 is 15.0 Å². The summed E-state index contributed by atoms with van der Waals surface area (Å²) in [5.41, 5.74) is -0.225. The van der Waals surface area contributed by atoms with Gasteiger partial charge in [0.2, 0.25) is 5.75 Å². The highest BCUT2D eigenvalue weighted by Gasteiger charge is 2.16. The summed E-state index contributed by atoms with van der Waals surface area (Å²) in [4.78, 5) is 17.6. The lowest BCUT2D eigenvalue weighted by molar-refractivity contribution is 0.367. The third kappa shape index (κ3) is 0.849. The second kappa shape index (κ2) is 1.98. The van der Waals surface area contributed by atoms with Gasteiger partial charge in [0.05, 0.1) is 0 Å². The number of hydrogen-bond donors (Lipinski definition) is 2. The Morgan fingerprint density at radius 3 is 3.27 bits per heavy atom. The summed E-state index contributed by atoms with van der Waals surface area (Å²) in [5, 5.41) is 2.83. The maximum atomic E-state index is 11.1. The molecule has 1 aromatic rings. The maximum Gasteiger partial charge on any atom is 0.295 e. The van der Waals surface area contributed by atoms with E-state index in [1.807, 2.05) is 0 Å². The lowest BCUT2D eigenvalue weighted by Gasteiger charge is -1.95. The fourth-order valence-corrected chi connectivity index (χ4v) is 1.01. The predicted molar refractivity (Wildman–Crippen MR) is 38.7 cm³/mol. The Morgan fingerprint density at radius 1 is 1.64 bits per heavy atom. The van der Waals surface area contributed by atoms with Gasteiger partial charge in [-0.1, -0.05) is 0 Å². The van der Waals surface area contributed by atoms with Gasteiger partial charge in [-0.2, -0.15) is 0 Å². The number of nitrogens with zero attached hydrogens (tertiary/aromatic N) is 1. The molecule has 5 nitrogen and oxygen atoms in total. The fraction of sp³-hybridized carbons (Fsp3) is 0.333. The van der Waals surface area contributed by atoms with E-state index in [1.165, 1.54) is 0 Å². The van der Waals surface area contributed by atoms with E-state index in [-0.39, 0.29) is 11.3 Å². The molecule has 0 bridgehead atoms. The van der Waals surface area contributed by atoms with E-state index in [0.29, 0.717) is 18.4 Å². The van der Waals surface area contributed by atoms with Crippen LogP contribution in [0.5, 0.6) is 5.75 Å². The first-order valence-electron chi connectivity index (χ1n) is 3.25. The Kier molecular flexibility index (Phi) is 1.12. The Bertz CT molecular complexity index is 344. The molecule has 5 heteroatoms. The first-order valence-corrected chi connectivity index (χ1v) is 3.25. The molecule has 0 aliphatic carbocycles. The molecule has 0 amide bonds. The van der Waals surface area contributed by atoms with Crippen molar-refractivity contribution in [2.24, 2.45) is 0 Å². The van der Waals surface area contributed by atoms with Crippen LogP contribution in [0.2, 0.25) is 0 Å². The number of anilines is 1. The molecule has 0 fully saturated rings. The van der Waals surface area contributed by atoms with Gasteiger partial charge in [0, 0.05) is 0 Å². The smallest absolute Gasteiger partial charge is 0.295 e. The van der Waals surface area contributed by atoms with Crippen molar-refractivity contribution < 1.29 is 4.74 Å². The average Bonchev–Trinajstić information content (AvgIpc) is 2.34. The highest BCUT2D eigenvalue weighted by Crippen LogP contribution is 2.20. The van der Waals surface area contributed by atoms with E-state index in [1.54, 1.807) is 6.92 Å². The number of fused-ring (bicyclic) bond motifs is 1. The van der Waals surface area contributed by atoms with Crippen molar-refractivity contribution in [3.63, 3.8) is 0 Å². The number of nitrogens with one attached hydrogen (secondary N) is 2. The summed E-state index contributed by atoms with van der Waals surface area (Å²) in [6, 6.07) is 0. The molecule has 2 N–H and O–H groups in total. The highest BCUT2D eigenvalue weighted by atomic mass is 16.5. The molecule has 0 unspecified atom stereocenters. The average molecular weight is 153 g/mol. The van der Waals surface area contributed by atoms with Crippen molar-refractivity contribution in [3.05, 3.63) is 16.2 Å². The van der Waals surface area contributed by atoms with E-state index in [2.05, 4.69) is 15.3 Å². The molecule has 0 aromatic carbocycles. The van der Waals surface area contributed by atoms with Crippen LogP contribution in [0.15, 0.2) is 4.79 Å². The Hall–Kier alpha value is -1.52. The number of aryl methyl sites for hydroxylation is 1. The number of aromatic amines is 1. The molecule has 2 rings (SSSR count). The first-order chi connectivity index (χ1) is 5.27. The number of ether oxygens (including phenoxy) is 1. The molecular weight excluding hydrogens is 146 g/mol. The summed E-state index contributed by atoms with van der Waals surface area (Å²) in [6.45, 7) is 2.05. The van der Waals surface area contributed by atoms with Crippen LogP contribution >= 0.6 is 0 Å². The van der Waals surface area contributed by atoms with E-state index in [0.717, 1.165) is 0 Å². The van der Waals surface area contributed by atoms with E-state index in [4.69, 9.17) is 4.74 Å². The lowest BCUT2D eigenvalue weighted by atomic mass is 10.5.